The quantitative estimate of drug-likeness (QED) is 0.907. The SMILES string of the molecule is c1ccc(-n2nnnc2SC2CCCNC2)cc1. The summed E-state index contributed by atoms with van der Waals surface area (Å²) in [6.07, 6.45) is 2.45. The Morgan fingerprint density at radius 1 is 1.28 bits per heavy atom. The lowest BCUT2D eigenvalue weighted by molar-refractivity contribution is 0.530. The van der Waals surface area contributed by atoms with Crippen LogP contribution in [-0.4, -0.2) is 38.5 Å². The largest absolute Gasteiger partial charge is 0.316 e. The molecule has 1 aliphatic rings. The van der Waals surface area contributed by atoms with Gasteiger partial charge in [-0.25, -0.2) is 0 Å². The molecule has 1 unspecified atom stereocenters. The number of benzene rings is 1. The molecule has 0 aliphatic carbocycles. The minimum Gasteiger partial charge on any atom is -0.316 e. The first-order valence-electron chi connectivity index (χ1n) is 6.14. The van der Waals surface area contributed by atoms with E-state index >= 15 is 0 Å². The van der Waals surface area contributed by atoms with Gasteiger partial charge < -0.3 is 5.32 Å². The van der Waals surface area contributed by atoms with Gasteiger partial charge in [0.1, 0.15) is 0 Å². The Morgan fingerprint density at radius 2 is 2.17 bits per heavy atom. The summed E-state index contributed by atoms with van der Waals surface area (Å²) in [6, 6.07) is 10.0. The normalized spacial score (nSPS) is 19.9. The first-order valence-corrected chi connectivity index (χ1v) is 7.02. The number of rotatable bonds is 3. The molecule has 1 aliphatic heterocycles. The number of para-hydroxylation sites is 1. The second kappa shape index (κ2) is 5.49. The average Bonchev–Trinajstić information content (AvgIpc) is 2.89. The van der Waals surface area contributed by atoms with Gasteiger partial charge in [0.2, 0.25) is 5.16 Å². The van der Waals surface area contributed by atoms with Gasteiger partial charge in [-0.2, -0.15) is 4.68 Å². The Morgan fingerprint density at radius 3 is 2.94 bits per heavy atom. The maximum atomic E-state index is 4.12. The summed E-state index contributed by atoms with van der Waals surface area (Å²) in [5.74, 6) is 0. The van der Waals surface area contributed by atoms with E-state index in [0.29, 0.717) is 5.25 Å². The molecule has 0 saturated carbocycles. The number of nitrogens with one attached hydrogen (secondary N) is 1. The second-order valence-corrected chi connectivity index (χ2v) is 5.56. The van der Waals surface area contributed by atoms with Crippen molar-refractivity contribution in [2.24, 2.45) is 0 Å². The van der Waals surface area contributed by atoms with Crippen molar-refractivity contribution in [1.29, 1.82) is 0 Å². The molecule has 1 saturated heterocycles. The van der Waals surface area contributed by atoms with Crippen LogP contribution in [0, 0.1) is 0 Å². The monoisotopic (exact) mass is 261 g/mol. The molecule has 1 fully saturated rings. The molecule has 3 rings (SSSR count). The number of hydrogen-bond acceptors (Lipinski definition) is 5. The lowest BCUT2D eigenvalue weighted by Crippen LogP contribution is -2.31. The maximum absolute atomic E-state index is 4.12. The standard InChI is InChI=1S/C12H15N5S/c1-2-5-10(6-3-1)17-12(14-15-16-17)18-11-7-4-8-13-9-11/h1-3,5-6,11,13H,4,7-9H2. The van der Waals surface area contributed by atoms with Crippen LogP contribution in [0.5, 0.6) is 0 Å². The first kappa shape index (κ1) is 11.7. The van der Waals surface area contributed by atoms with Crippen molar-refractivity contribution in [3.63, 3.8) is 0 Å². The van der Waals surface area contributed by atoms with Crippen LogP contribution in [0.15, 0.2) is 35.5 Å². The first-order chi connectivity index (χ1) is 8.93. The number of hydrogen-bond donors (Lipinski definition) is 1. The van der Waals surface area contributed by atoms with Crippen molar-refractivity contribution < 1.29 is 0 Å². The van der Waals surface area contributed by atoms with Crippen LogP contribution >= 0.6 is 11.8 Å². The molecule has 0 bridgehead atoms. The summed E-state index contributed by atoms with van der Waals surface area (Å²) >= 11 is 1.76. The van der Waals surface area contributed by atoms with Gasteiger partial charge in [0.25, 0.3) is 0 Å². The molecule has 0 radical (unpaired) electrons. The van der Waals surface area contributed by atoms with Crippen molar-refractivity contribution in [2.75, 3.05) is 13.1 Å². The van der Waals surface area contributed by atoms with Gasteiger partial charge in [0.05, 0.1) is 5.69 Å². The zero-order chi connectivity index (χ0) is 12.2. The fourth-order valence-corrected chi connectivity index (χ4v) is 3.16. The van der Waals surface area contributed by atoms with Crippen LogP contribution in [0.4, 0.5) is 0 Å². The van der Waals surface area contributed by atoms with Gasteiger partial charge in [0.15, 0.2) is 0 Å². The van der Waals surface area contributed by atoms with Gasteiger partial charge in [-0.3, -0.25) is 0 Å². The number of tetrazole rings is 1. The lowest BCUT2D eigenvalue weighted by Gasteiger charge is -2.21. The lowest BCUT2D eigenvalue weighted by atomic mass is 10.2. The summed E-state index contributed by atoms with van der Waals surface area (Å²) < 4.78 is 1.80. The minimum atomic E-state index is 0.562. The topological polar surface area (TPSA) is 55.6 Å². The van der Waals surface area contributed by atoms with Crippen LogP contribution < -0.4 is 5.32 Å². The fraction of sp³-hybridized carbons (Fsp3) is 0.417. The van der Waals surface area contributed by atoms with E-state index < -0.39 is 0 Å². The molecule has 6 heteroatoms. The molecule has 94 valence electrons. The molecule has 1 aromatic carbocycles. The van der Waals surface area contributed by atoms with E-state index in [-0.39, 0.29) is 0 Å². The van der Waals surface area contributed by atoms with Crippen molar-refractivity contribution in [3.8, 4) is 5.69 Å². The molecule has 0 spiro atoms. The summed E-state index contributed by atoms with van der Waals surface area (Å²) in [4.78, 5) is 0. The van der Waals surface area contributed by atoms with Crippen LogP contribution in [0.2, 0.25) is 0 Å². The predicted octanol–water partition coefficient (Wildman–Crippen LogP) is 1.51. The average molecular weight is 261 g/mol. The highest BCUT2D eigenvalue weighted by Gasteiger charge is 2.18. The Kier molecular flexibility index (Phi) is 3.56. The van der Waals surface area contributed by atoms with Crippen molar-refractivity contribution in [1.82, 2.24) is 25.5 Å². The molecule has 1 N–H and O–H groups in total. The van der Waals surface area contributed by atoms with Gasteiger partial charge >= 0.3 is 0 Å². The Bertz CT molecular complexity index is 492. The molecule has 2 aromatic rings. The third kappa shape index (κ3) is 2.54. The van der Waals surface area contributed by atoms with E-state index in [4.69, 9.17) is 0 Å². The summed E-state index contributed by atoms with van der Waals surface area (Å²) in [5, 5.41) is 16.8. The van der Waals surface area contributed by atoms with Crippen molar-refractivity contribution >= 4 is 11.8 Å². The summed E-state index contributed by atoms with van der Waals surface area (Å²) in [7, 11) is 0. The Hall–Kier alpha value is -1.40. The molecule has 18 heavy (non-hydrogen) atoms. The van der Waals surface area contributed by atoms with Gasteiger partial charge in [0, 0.05) is 11.8 Å². The van der Waals surface area contributed by atoms with Crippen LogP contribution in [-0.2, 0) is 0 Å². The molecule has 1 aromatic heterocycles. The zero-order valence-electron chi connectivity index (χ0n) is 9.99. The maximum Gasteiger partial charge on any atom is 0.214 e. The van der Waals surface area contributed by atoms with E-state index in [9.17, 15) is 0 Å². The Labute approximate surface area is 110 Å². The highest BCUT2D eigenvalue weighted by molar-refractivity contribution is 7.99. The highest BCUT2D eigenvalue weighted by atomic mass is 32.2. The van der Waals surface area contributed by atoms with Crippen LogP contribution in [0.3, 0.4) is 0 Å². The molecule has 1 atom stereocenters. The predicted molar refractivity (Wildman–Crippen MR) is 70.9 cm³/mol. The second-order valence-electron chi connectivity index (χ2n) is 4.30. The molecule has 0 amide bonds. The minimum absolute atomic E-state index is 0.562. The number of nitrogens with zero attached hydrogens (tertiary/aromatic N) is 4. The molecule has 5 nitrogen and oxygen atoms in total. The van der Waals surface area contributed by atoms with Gasteiger partial charge in [-0.1, -0.05) is 30.0 Å². The van der Waals surface area contributed by atoms with Crippen LogP contribution in [0.1, 0.15) is 12.8 Å². The van der Waals surface area contributed by atoms with Crippen LogP contribution in [0.25, 0.3) is 5.69 Å². The van der Waals surface area contributed by atoms with Gasteiger partial charge in [-0.05, 0) is 41.9 Å². The van der Waals surface area contributed by atoms with Crippen molar-refractivity contribution in [2.45, 2.75) is 23.2 Å². The third-order valence-electron chi connectivity index (χ3n) is 2.97. The van der Waals surface area contributed by atoms with E-state index in [2.05, 4.69) is 20.8 Å². The smallest absolute Gasteiger partial charge is 0.214 e. The Balaban J connectivity index is 1.79. The summed E-state index contributed by atoms with van der Waals surface area (Å²) in [6.45, 7) is 2.16. The fourth-order valence-electron chi connectivity index (χ4n) is 2.05. The van der Waals surface area contributed by atoms with E-state index in [0.717, 1.165) is 23.9 Å². The van der Waals surface area contributed by atoms with Crippen molar-refractivity contribution in [3.05, 3.63) is 30.3 Å². The van der Waals surface area contributed by atoms with E-state index in [1.165, 1.54) is 12.8 Å². The number of thioether (sulfide) groups is 1. The number of aromatic nitrogens is 4. The number of piperidine rings is 1. The summed E-state index contributed by atoms with van der Waals surface area (Å²) in [5.41, 5.74) is 1.01. The molecular weight excluding hydrogens is 246 g/mol. The van der Waals surface area contributed by atoms with Gasteiger partial charge in [-0.15, -0.1) is 5.10 Å². The molecule has 2 heterocycles. The highest BCUT2D eigenvalue weighted by Crippen LogP contribution is 2.26. The third-order valence-corrected chi connectivity index (χ3v) is 4.17. The van der Waals surface area contributed by atoms with E-state index in [1.807, 2.05) is 30.3 Å². The van der Waals surface area contributed by atoms with E-state index in [1.54, 1.807) is 16.4 Å². The molecular formula is C12H15N5S. The zero-order valence-corrected chi connectivity index (χ0v) is 10.8.